The lowest BCUT2D eigenvalue weighted by Crippen LogP contribution is -2.37. The first-order valence-electron chi connectivity index (χ1n) is 11.3. The van der Waals surface area contributed by atoms with Gasteiger partial charge >= 0.3 is 0 Å². The van der Waals surface area contributed by atoms with Crippen LogP contribution >= 0.6 is 0 Å². The number of rotatable bonds is 8. The van der Waals surface area contributed by atoms with E-state index >= 15 is 0 Å². The molecule has 1 aromatic heterocycles. The van der Waals surface area contributed by atoms with E-state index < -0.39 is 0 Å². The summed E-state index contributed by atoms with van der Waals surface area (Å²) in [7, 11) is 1.63. The van der Waals surface area contributed by atoms with Gasteiger partial charge in [0.15, 0.2) is 0 Å². The highest BCUT2D eigenvalue weighted by Crippen LogP contribution is 2.24. The Labute approximate surface area is 193 Å². The van der Waals surface area contributed by atoms with Gasteiger partial charge in [-0.2, -0.15) is 4.98 Å². The van der Waals surface area contributed by atoms with E-state index in [1.807, 2.05) is 62.4 Å². The van der Waals surface area contributed by atoms with Crippen molar-refractivity contribution in [3.8, 4) is 22.9 Å². The SMILES string of the molecule is COc1ccc(-c2noc(CN3CCC(C(=O)Nc4ccc(OC(C)C)cc4)CC3)n2)cc1. The smallest absolute Gasteiger partial charge is 0.241 e. The lowest BCUT2D eigenvalue weighted by atomic mass is 9.96. The Morgan fingerprint density at radius 3 is 2.39 bits per heavy atom. The van der Waals surface area contributed by atoms with Crippen molar-refractivity contribution in [1.29, 1.82) is 0 Å². The lowest BCUT2D eigenvalue weighted by Gasteiger charge is -2.30. The minimum absolute atomic E-state index is 0.00890. The zero-order chi connectivity index (χ0) is 23.2. The molecule has 8 nitrogen and oxygen atoms in total. The van der Waals surface area contributed by atoms with Crippen molar-refractivity contribution in [1.82, 2.24) is 15.0 Å². The minimum Gasteiger partial charge on any atom is -0.497 e. The molecule has 4 rings (SSSR count). The summed E-state index contributed by atoms with van der Waals surface area (Å²) in [5.74, 6) is 2.77. The maximum atomic E-state index is 12.7. The van der Waals surface area contributed by atoms with Gasteiger partial charge in [0, 0.05) is 17.2 Å². The van der Waals surface area contributed by atoms with Crippen LogP contribution in [-0.4, -0.2) is 47.3 Å². The molecule has 1 aliphatic heterocycles. The van der Waals surface area contributed by atoms with Crippen LogP contribution in [0.25, 0.3) is 11.4 Å². The minimum atomic E-state index is -0.00890. The second kappa shape index (κ2) is 10.5. The molecule has 1 aliphatic rings. The summed E-state index contributed by atoms with van der Waals surface area (Å²) in [6.07, 6.45) is 1.71. The Balaban J connectivity index is 1.25. The van der Waals surface area contributed by atoms with E-state index in [0.717, 1.165) is 48.7 Å². The zero-order valence-electron chi connectivity index (χ0n) is 19.3. The standard InChI is InChI=1S/C25H30N4O4/c1-17(2)32-22-10-6-20(7-11-22)26-25(30)19-12-14-29(15-13-19)16-23-27-24(28-33-23)18-4-8-21(31-3)9-5-18/h4-11,17,19H,12-16H2,1-3H3,(H,26,30). The molecule has 1 fully saturated rings. The van der Waals surface area contributed by atoms with Gasteiger partial charge in [0.1, 0.15) is 11.5 Å². The third-order valence-corrected chi connectivity index (χ3v) is 5.63. The second-order valence-corrected chi connectivity index (χ2v) is 8.47. The van der Waals surface area contributed by atoms with Crippen molar-refractivity contribution in [3.63, 3.8) is 0 Å². The number of nitrogens with one attached hydrogen (secondary N) is 1. The summed E-state index contributed by atoms with van der Waals surface area (Å²) in [4.78, 5) is 19.4. The molecule has 3 aromatic rings. The summed E-state index contributed by atoms with van der Waals surface area (Å²) in [5, 5.41) is 7.12. The van der Waals surface area contributed by atoms with E-state index in [2.05, 4.69) is 20.4 Å². The number of amides is 1. The topological polar surface area (TPSA) is 89.7 Å². The lowest BCUT2D eigenvalue weighted by molar-refractivity contribution is -0.121. The highest BCUT2D eigenvalue weighted by Gasteiger charge is 2.26. The third kappa shape index (κ3) is 6.10. The average molecular weight is 451 g/mol. The number of hydrogen-bond acceptors (Lipinski definition) is 7. The van der Waals surface area contributed by atoms with E-state index in [1.165, 1.54) is 0 Å². The Kier molecular flexibility index (Phi) is 7.24. The predicted octanol–water partition coefficient (Wildman–Crippen LogP) is 4.38. The van der Waals surface area contributed by atoms with Gasteiger partial charge in [0.2, 0.25) is 17.6 Å². The van der Waals surface area contributed by atoms with Crippen LogP contribution in [0.15, 0.2) is 53.1 Å². The molecule has 0 bridgehead atoms. The van der Waals surface area contributed by atoms with Crippen LogP contribution in [-0.2, 0) is 11.3 Å². The van der Waals surface area contributed by atoms with E-state index in [1.54, 1.807) is 7.11 Å². The summed E-state index contributed by atoms with van der Waals surface area (Å²) < 4.78 is 16.3. The quantitative estimate of drug-likeness (QED) is 0.545. The molecule has 0 unspecified atom stereocenters. The average Bonchev–Trinajstić information content (AvgIpc) is 3.29. The molecule has 0 aliphatic carbocycles. The van der Waals surface area contributed by atoms with Crippen molar-refractivity contribution in [3.05, 3.63) is 54.4 Å². The Morgan fingerprint density at radius 2 is 1.76 bits per heavy atom. The van der Waals surface area contributed by atoms with Crippen molar-refractivity contribution in [2.45, 2.75) is 39.3 Å². The van der Waals surface area contributed by atoms with Gasteiger partial charge in [-0.25, -0.2) is 0 Å². The molecule has 2 heterocycles. The number of carbonyl (C=O) groups is 1. The number of hydrogen-bond donors (Lipinski definition) is 1. The molecule has 174 valence electrons. The van der Waals surface area contributed by atoms with Crippen molar-refractivity contribution >= 4 is 11.6 Å². The highest BCUT2D eigenvalue weighted by molar-refractivity contribution is 5.92. The van der Waals surface area contributed by atoms with Gasteiger partial charge in [-0.3, -0.25) is 9.69 Å². The third-order valence-electron chi connectivity index (χ3n) is 5.63. The van der Waals surface area contributed by atoms with Crippen molar-refractivity contribution in [2.24, 2.45) is 5.92 Å². The van der Waals surface area contributed by atoms with E-state index in [9.17, 15) is 4.79 Å². The molecule has 33 heavy (non-hydrogen) atoms. The molecule has 0 spiro atoms. The fourth-order valence-corrected chi connectivity index (χ4v) is 3.85. The Hall–Kier alpha value is -3.39. The second-order valence-electron chi connectivity index (χ2n) is 8.47. The molecular weight excluding hydrogens is 420 g/mol. The molecular formula is C25H30N4O4. The van der Waals surface area contributed by atoms with Crippen LogP contribution in [0.2, 0.25) is 0 Å². The number of aromatic nitrogens is 2. The molecule has 1 N–H and O–H groups in total. The maximum absolute atomic E-state index is 12.7. The van der Waals surface area contributed by atoms with Crippen molar-refractivity contribution < 1.29 is 18.8 Å². The van der Waals surface area contributed by atoms with Crippen LogP contribution in [0, 0.1) is 5.92 Å². The van der Waals surface area contributed by atoms with Crippen LogP contribution in [0.1, 0.15) is 32.6 Å². The normalized spacial score (nSPS) is 14.9. The number of ether oxygens (including phenoxy) is 2. The van der Waals surface area contributed by atoms with E-state index in [4.69, 9.17) is 14.0 Å². The number of likely N-dealkylation sites (tertiary alicyclic amines) is 1. The number of piperidine rings is 1. The zero-order valence-corrected chi connectivity index (χ0v) is 19.3. The van der Waals surface area contributed by atoms with E-state index in [0.29, 0.717) is 18.3 Å². The van der Waals surface area contributed by atoms with Gasteiger partial charge in [0.05, 0.1) is 19.8 Å². The summed E-state index contributed by atoms with van der Waals surface area (Å²) in [5.41, 5.74) is 1.67. The monoisotopic (exact) mass is 450 g/mol. The van der Waals surface area contributed by atoms with Gasteiger partial charge in [-0.1, -0.05) is 5.16 Å². The van der Waals surface area contributed by atoms with E-state index in [-0.39, 0.29) is 17.9 Å². The van der Waals surface area contributed by atoms with Crippen LogP contribution in [0.3, 0.4) is 0 Å². The number of anilines is 1. The van der Waals surface area contributed by atoms with Crippen molar-refractivity contribution in [2.75, 3.05) is 25.5 Å². The largest absolute Gasteiger partial charge is 0.497 e. The molecule has 2 aromatic carbocycles. The highest BCUT2D eigenvalue weighted by atomic mass is 16.5. The molecule has 0 radical (unpaired) electrons. The molecule has 8 heteroatoms. The van der Waals surface area contributed by atoms with Crippen LogP contribution in [0.5, 0.6) is 11.5 Å². The summed E-state index contributed by atoms with van der Waals surface area (Å²) in [6.45, 7) is 6.16. The maximum Gasteiger partial charge on any atom is 0.241 e. The van der Waals surface area contributed by atoms with Gasteiger partial charge in [0.25, 0.3) is 0 Å². The fourth-order valence-electron chi connectivity index (χ4n) is 3.85. The van der Waals surface area contributed by atoms with Gasteiger partial charge in [-0.05, 0) is 88.3 Å². The van der Waals surface area contributed by atoms with Gasteiger partial charge < -0.3 is 19.3 Å². The molecule has 0 atom stereocenters. The Bertz CT molecular complexity index is 1040. The fraction of sp³-hybridized carbons (Fsp3) is 0.400. The van der Waals surface area contributed by atoms with Crippen LogP contribution in [0.4, 0.5) is 5.69 Å². The molecule has 1 saturated heterocycles. The summed E-state index contributed by atoms with van der Waals surface area (Å²) in [6, 6.07) is 15.1. The first kappa shape index (κ1) is 22.8. The van der Waals surface area contributed by atoms with Crippen LogP contribution < -0.4 is 14.8 Å². The predicted molar refractivity (Wildman–Crippen MR) is 125 cm³/mol. The first-order chi connectivity index (χ1) is 16.0. The number of carbonyl (C=O) groups excluding carboxylic acids is 1. The number of methoxy groups -OCH3 is 1. The van der Waals surface area contributed by atoms with Gasteiger partial charge in [-0.15, -0.1) is 0 Å². The number of benzene rings is 2. The number of nitrogens with zero attached hydrogens (tertiary/aromatic N) is 3. The summed E-state index contributed by atoms with van der Waals surface area (Å²) >= 11 is 0. The Morgan fingerprint density at radius 1 is 1.09 bits per heavy atom. The molecule has 1 amide bonds. The first-order valence-corrected chi connectivity index (χ1v) is 11.3. The molecule has 0 saturated carbocycles.